The van der Waals surface area contributed by atoms with Crippen LogP contribution in [-0.4, -0.2) is 41.7 Å². The van der Waals surface area contributed by atoms with E-state index in [-0.39, 0.29) is 0 Å². The number of aryl methyl sites for hydroxylation is 1. The number of benzene rings is 1. The molecule has 0 aliphatic carbocycles. The Kier molecular flexibility index (Phi) is 5.61. The number of aromatic nitrogens is 1. The molecule has 148 valence electrons. The second kappa shape index (κ2) is 7.99. The summed E-state index contributed by atoms with van der Waals surface area (Å²) in [5, 5.41) is 11.0. The summed E-state index contributed by atoms with van der Waals surface area (Å²) in [6, 6.07) is 7.92. The number of hydrogen-bond acceptors (Lipinski definition) is 5. The van der Waals surface area contributed by atoms with Crippen molar-refractivity contribution < 1.29 is 9.84 Å². The number of rotatable bonds is 6. The fraction of sp³-hybridized carbons (Fsp3) is 0.409. The van der Waals surface area contributed by atoms with Gasteiger partial charge in [0.1, 0.15) is 5.75 Å². The van der Waals surface area contributed by atoms with Crippen molar-refractivity contribution in [3.63, 3.8) is 0 Å². The third-order valence-corrected chi connectivity index (χ3v) is 6.76. The molecule has 4 rings (SSSR count). The zero-order chi connectivity index (χ0) is 19.8. The van der Waals surface area contributed by atoms with Gasteiger partial charge in [-0.3, -0.25) is 4.98 Å². The van der Waals surface area contributed by atoms with Crippen molar-refractivity contribution in [2.75, 3.05) is 26.7 Å². The van der Waals surface area contributed by atoms with Gasteiger partial charge in [-0.2, -0.15) is 0 Å². The molecular formula is C22H25ClN2O2S. The lowest BCUT2D eigenvalue weighted by Gasteiger charge is -2.36. The fourth-order valence-corrected chi connectivity index (χ4v) is 5.28. The van der Waals surface area contributed by atoms with Gasteiger partial charge in [0.15, 0.2) is 0 Å². The summed E-state index contributed by atoms with van der Waals surface area (Å²) in [4.78, 5) is 7.74. The van der Waals surface area contributed by atoms with E-state index >= 15 is 0 Å². The Morgan fingerprint density at radius 1 is 1.32 bits per heavy atom. The van der Waals surface area contributed by atoms with Gasteiger partial charge in [0.2, 0.25) is 0 Å². The van der Waals surface area contributed by atoms with Crippen molar-refractivity contribution in [3.05, 3.63) is 45.9 Å². The van der Waals surface area contributed by atoms with E-state index in [4.69, 9.17) is 16.3 Å². The van der Waals surface area contributed by atoms with Crippen LogP contribution in [0.5, 0.6) is 5.75 Å². The lowest BCUT2D eigenvalue weighted by molar-refractivity contribution is 0.0857. The maximum atomic E-state index is 10.3. The Labute approximate surface area is 174 Å². The maximum Gasteiger partial charge on any atom is 0.130 e. The molecule has 0 spiro atoms. The molecule has 6 heteroatoms. The highest BCUT2D eigenvalue weighted by molar-refractivity contribution is 7.19. The highest BCUT2D eigenvalue weighted by atomic mass is 35.5. The number of thiophene rings is 1. The van der Waals surface area contributed by atoms with Crippen LogP contribution in [0.4, 0.5) is 0 Å². The molecule has 1 N–H and O–H groups in total. The zero-order valence-electron chi connectivity index (χ0n) is 16.4. The molecule has 1 unspecified atom stereocenters. The second-order valence-electron chi connectivity index (χ2n) is 7.64. The highest BCUT2D eigenvalue weighted by Crippen LogP contribution is 2.42. The first-order valence-electron chi connectivity index (χ1n) is 9.64. The van der Waals surface area contributed by atoms with Crippen LogP contribution in [0.25, 0.3) is 21.3 Å². The maximum absolute atomic E-state index is 10.3. The van der Waals surface area contributed by atoms with Gasteiger partial charge in [0, 0.05) is 46.2 Å². The Morgan fingerprint density at radius 2 is 2.11 bits per heavy atom. The van der Waals surface area contributed by atoms with E-state index in [1.807, 2.05) is 44.3 Å². The fourth-order valence-electron chi connectivity index (χ4n) is 3.79. The number of hydrogen-bond donors (Lipinski definition) is 1. The van der Waals surface area contributed by atoms with Gasteiger partial charge in [-0.25, -0.2) is 0 Å². The molecule has 3 aromatic rings. The molecule has 2 aromatic heterocycles. The summed E-state index contributed by atoms with van der Waals surface area (Å²) in [5.74, 6) is 1.45. The average Bonchev–Trinajstić information content (AvgIpc) is 3.08. The zero-order valence-corrected chi connectivity index (χ0v) is 18.0. The van der Waals surface area contributed by atoms with Crippen molar-refractivity contribution in [2.24, 2.45) is 5.92 Å². The monoisotopic (exact) mass is 416 g/mol. The van der Waals surface area contributed by atoms with E-state index in [9.17, 15) is 5.11 Å². The molecule has 28 heavy (non-hydrogen) atoms. The standard InChI is InChI=1S/C22H25ClN2O2S/c1-4-19(26)20-9-18-22(28-20)16(5-6-24-18)17-8-15(23)7-13(2)21(17)27-12-14-10-25(3)11-14/h5-9,14,19,26H,4,10-12H2,1-3H3. The molecule has 0 saturated carbocycles. The number of pyridine rings is 1. The minimum absolute atomic E-state index is 0.459. The van der Waals surface area contributed by atoms with Crippen LogP contribution in [0.1, 0.15) is 29.9 Å². The molecule has 1 aliphatic rings. The molecule has 3 heterocycles. The molecule has 0 bridgehead atoms. The number of fused-ring (bicyclic) bond motifs is 1. The highest BCUT2D eigenvalue weighted by Gasteiger charge is 2.25. The third-order valence-electron chi connectivity index (χ3n) is 5.28. The van der Waals surface area contributed by atoms with Crippen LogP contribution in [0.2, 0.25) is 5.02 Å². The van der Waals surface area contributed by atoms with Gasteiger partial charge < -0.3 is 14.7 Å². The van der Waals surface area contributed by atoms with Crippen molar-refractivity contribution in [3.8, 4) is 16.9 Å². The van der Waals surface area contributed by atoms with Crippen LogP contribution in [0.15, 0.2) is 30.5 Å². The first kappa shape index (κ1) is 19.6. The second-order valence-corrected chi connectivity index (χ2v) is 9.16. The average molecular weight is 417 g/mol. The Hall–Kier alpha value is -1.66. The van der Waals surface area contributed by atoms with Gasteiger partial charge >= 0.3 is 0 Å². The minimum Gasteiger partial charge on any atom is -0.492 e. The summed E-state index contributed by atoms with van der Waals surface area (Å²) >= 11 is 8.00. The van der Waals surface area contributed by atoms with Gasteiger partial charge in [-0.1, -0.05) is 18.5 Å². The number of ether oxygens (including phenoxy) is 1. The molecule has 1 fully saturated rings. The normalized spacial score (nSPS) is 16.3. The largest absolute Gasteiger partial charge is 0.492 e. The summed E-state index contributed by atoms with van der Waals surface area (Å²) in [6.45, 7) is 6.87. The lowest BCUT2D eigenvalue weighted by atomic mass is 10.0. The van der Waals surface area contributed by atoms with Gasteiger partial charge in [-0.05, 0) is 50.2 Å². The Balaban J connectivity index is 1.76. The van der Waals surface area contributed by atoms with Crippen molar-refractivity contribution >= 4 is 33.2 Å². The van der Waals surface area contributed by atoms with Gasteiger partial charge in [0.25, 0.3) is 0 Å². The molecular weight excluding hydrogens is 392 g/mol. The van der Waals surface area contributed by atoms with Crippen molar-refractivity contribution in [1.29, 1.82) is 0 Å². The Bertz CT molecular complexity index is 998. The molecule has 1 atom stereocenters. The first-order chi connectivity index (χ1) is 13.5. The summed E-state index contributed by atoms with van der Waals surface area (Å²) in [5.41, 5.74) is 3.97. The van der Waals surface area contributed by atoms with Crippen LogP contribution in [0, 0.1) is 12.8 Å². The van der Waals surface area contributed by atoms with Crippen molar-refractivity contribution in [1.82, 2.24) is 9.88 Å². The number of nitrogens with zero attached hydrogens (tertiary/aromatic N) is 2. The first-order valence-corrected chi connectivity index (χ1v) is 10.8. The predicted octanol–water partition coefficient (Wildman–Crippen LogP) is 5.31. The van der Waals surface area contributed by atoms with Gasteiger partial charge in [-0.15, -0.1) is 11.3 Å². The predicted molar refractivity (Wildman–Crippen MR) is 117 cm³/mol. The summed E-state index contributed by atoms with van der Waals surface area (Å²) in [7, 11) is 2.13. The number of likely N-dealkylation sites (tertiary alicyclic amines) is 1. The number of aliphatic hydroxyl groups is 1. The van der Waals surface area contributed by atoms with E-state index in [2.05, 4.69) is 16.9 Å². The smallest absolute Gasteiger partial charge is 0.130 e. The minimum atomic E-state index is -0.459. The molecule has 4 nitrogen and oxygen atoms in total. The number of aliphatic hydroxyl groups excluding tert-OH is 1. The van der Waals surface area contributed by atoms with Crippen molar-refractivity contribution in [2.45, 2.75) is 26.4 Å². The molecule has 0 radical (unpaired) electrons. The molecule has 1 aromatic carbocycles. The van der Waals surface area contributed by atoms with E-state index in [0.717, 1.165) is 50.6 Å². The van der Waals surface area contributed by atoms with Crippen LogP contribution in [-0.2, 0) is 0 Å². The topological polar surface area (TPSA) is 45.6 Å². The van der Waals surface area contributed by atoms with Gasteiger partial charge in [0.05, 0.1) is 22.9 Å². The van der Waals surface area contributed by atoms with E-state index in [0.29, 0.717) is 24.0 Å². The quantitative estimate of drug-likeness (QED) is 0.591. The summed E-state index contributed by atoms with van der Waals surface area (Å²) < 4.78 is 7.36. The van der Waals surface area contributed by atoms with Crippen LogP contribution in [0.3, 0.4) is 0 Å². The van der Waals surface area contributed by atoms with Crippen LogP contribution < -0.4 is 4.74 Å². The molecule has 1 aliphatic heterocycles. The molecule has 1 saturated heterocycles. The van der Waals surface area contributed by atoms with Crippen LogP contribution >= 0.6 is 22.9 Å². The van der Waals surface area contributed by atoms with E-state index < -0.39 is 6.10 Å². The Morgan fingerprint density at radius 3 is 2.82 bits per heavy atom. The lowest BCUT2D eigenvalue weighted by Crippen LogP contribution is -2.46. The van der Waals surface area contributed by atoms with E-state index in [1.165, 1.54) is 0 Å². The number of halogens is 1. The van der Waals surface area contributed by atoms with E-state index in [1.54, 1.807) is 11.3 Å². The summed E-state index contributed by atoms with van der Waals surface area (Å²) in [6.07, 6.45) is 2.04. The molecule has 0 amide bonds. The SMILES string of the molecule is CCC(O)c1cc2nccc(-c3cc(Cl)cc(C)c3OCC3CN(C)C3)c2s1. The third kappa shape index (κ3) is 3.77.